The van der Waals surface area contributed by atoms with Gasteiger partial charge in [-0.1, -0.05) is 35.9 Å². The molecule has 0 spiro atoms. The quantitative estimate of drug-likeness (QED) is 0.783. The summed E-state index contributed by atoms with van der Waals surface area (Å²) in [6.07, 6.45) is 0. The van der Waals surface area contributed by atoms with Gasteiger partial charge in [-0.15, -0.1) is 0 Å². The van der Waals surface area contributed by atoms with Gasteiger partial charge in [-0.3, -0.25) is 4.68 Å². The lowest BCUT2D eigenvalue weighted by molar-refractivity contribution is 0.771. The molecular weight excluding hydrogens is 270 g/mol. The number of nitrogens with zero attached hydrogens (tertiary/aromatic N) is 2. The van der Waals surface area contributed by atoms with Crippen molar-refractivity contribution < 1.29 is 0 Å². The highest BCUT2D eigenvalue weighted by Gasteiger charge is 2.08. The largest absolute Gasteiger partial charge is 0.378 e. The number of rotatable bonds is 3. The molecule has 0 amide bonds. The summed E-state index contributed by atoms with van der Waals surface area (Å²) >= 11 is 6.20. The number of anilines is 1. The monoisotopic (exact) mass is 285 g/mol. The van der Waals surface area contributed by atoms with Gasteiger partial charge in [-0.05, 0) is 30.7 Å². The van der Waals surface area contributed by atoms with E-state index in [4.69, 9.17) is 11.6 Å². The molecule has 0 unspecified atom stereocenters. The van der Waals surface area contributed by atoms with Gasteiger partial charge >= 0.3 is 0 Å². The van der Waals surface area contributed by atoms with Crippen LogP contribution in [0.2, 0.25) is 5.02 Å². The van der Waals surface area contributed by atoms with Gasteiger partial charge in [-0.2, -0.15) is 5.10 Å². The van der Waals surface area contributed by atoms with E-state index >= 15 is 0 Å². The van der Waals surface area contributed by atoms with Crippen molar-refractivity contribution >= 4 is 28.2 Å². The van der Waals surface area contributed by atoms with Crippen LogP contribution in [-0.2, 0) is 13.6 Å². The Hall–Kier alpha value is -2.00. The van der Waals surface area contributed by atoms with Gasteiger partial charge in [0.15, 0.2) is 0 Å². The van der Waals surface area contributed by atoms with E-state index in [1.165, 1.54) is 10.9 Å². The molecule has 4 heteroatoms. The summed E-state index contributed by atoms with van der Waals surface area (Å²) in [6, 6.07) is 14.2. The van der Waals surface area contributed by atoms with E-state index in [1.807, 2.05) is 42.1 Å². The molecule has 0 atom stereocenters. The van der Waals surface area contributed by atoms with Crippen LogP contribution >= 0.6 is 11.6 Å². The molecule has 0 aliphatic heterocycles. The van der Waals surface area contributed by atoms with Crippen LogP contribution < -0.4 is 5.32 Å². The van der Waals surface area contributed by atoms with E-state index in [1.54, 1.807) is 0 Å². The highest BCUT2D eigenvalue weighted by atomic mass is 35.5. The second-order valence-corrected chi connectivity index (χ2v) is 5.33. The van der Waals surface area contributed by atoms with Gasteiger partial charge in [-0.25, -0.2) is 0 Å². The average Bonchev–Trinajstić information content (AvgIpc) is 2.77. The summed E-state index contributed by atoms with van der Waals surface area (Å²) < 4.78 is 1.91. The number of halogens is 1. The van der Waals surface area contributed by atoms with E-state index in [-0.39, 0.29) is 0 Å². The SMILES string of the molecule is Cc1ccc(Cl)c(NCc2nn(C)c3ccccc23)c1. The number of hydrogen-bond acceptors (Lipinski definition) is 2. The van der Waals surface area contributed by atoms with Crippen molar-refractivity contribution in [2.45, 2.75) is 13.5 Å². The van der Waals surface area contributed by atoms with Gasteiger partial charge in [0.25, 0.3) is 0 Å². The number of para-hydroxylation sites is 1. The molecule has 0 aliphatic rings. The van der Waals surface area contributed by atoms with Gasteiger partial charge in [0, 0.05) is 12.4 Å². The number of fused-ring (bicyclic) bond motifs is 1. The van der Waals surface area contributed by atoms with E-state index in [0.717, 1.165) is 21.9 Å². The fourth-order valence-electron chi connectivity index (χ4n) is 2.37. The Morgan fingerprint density at radius 3 is 2.85 bits per heavy atom. The summed E-state index contributed by atoms with van der Waals surface area (Å²) in [7, 11) is 1.96. The second kappa shape index (κ2) is 5.17. The molecule has 2 aromatic carbocycles. The van der Waals surface area contributed by atoms with Crippen molar-refractivity contribution in [3.05, 3.63) is 58.7 Å². The fraction of sp³-hybridized carbons (Fsp3) is 0.188. The number of benzene rings is 2. The fourth-order valence-corrected chi connectivity index (χ4v) is 2.56. The summed E-state index contributed by atoms with van der Waals surface area (Å²) in [5.41, 5.74) is 4.30. The zero-order valence-corrected chi connectivity index (χ0v) is 12.3. The van der Waals surface area contributed by atoms with Crippen molar-refractivity contribution in [1.29, 1.82) is 0 Å². The van der Waals surface area contributed by atoms with Gasteiger partial charge in [0.05, 0.1) is 28.5 Å². The Kier molecular flexibility index (Phi) is 3.36. The van der Waals surface area contributed by atoms with Gasteiger partial charge in [0.1, 0.15) is 0 Å². The molecule has 1 heterocycles. The lowest BCUT2D eigenvalue weighted by Crippen LogP contribution is -2.02. The van der Waals surface area contributed by atoms with Crippen LogP contribution in [-0.4, -0.2) is 9.78 Å². The lowest BCUT2D eigenvalue weighted by atomic mass is 10.2. The van der Waals surface area contributed by atoms with Crippen LogP contribution in [0.3, 0.4) is 0 Å². The Morgan fingerprint density at radius 2 is 2.00 bits per heavy atom. The first kappa shape index (κ1) is 13.0. The first-order valence-electron chi connectivity index (χ1n) is 6.56. The molecule has 0 saturated carbocycles. The highest BCUT2D eigenvalue weighted by molar-refractivity contribution is 6.33. The van der Waals surface area contributed by atoms with E-state index in [2.05, 4.69) is 29.5 Å². The molecule has 0 saturated heterocycles. The first-order chi connectivity index (χ1) is 9.65. The summed E-state index contributed by atoms with van der Waals surface area (Å²) in [5, 5.41) is 9.84. The Morgan fingerprint density at radius 1 is 1.20 bits per heavy atom. The van der Waals surface area contributed by atoms with Gasteiger partial charge < -0.3 is 5.32 Å². The third-order valence-corrected chi connectivity index (χ3v) is 3.73. The molecule has 102 valence electrons. The van der Waals surface area contributed by atoms with Crippen LogP contribution in [0.15, 0.2) is 42.5 Å². The maximum atomic E-state index is 6.20. The summed E-state index contributed by atoms with van der Waals surface area (Å²) in [5.74, 6) is 0. The lowest BCUT2D eigenvalue weighted by Gasteiger charge is -2.08. The number of nitrogens with one attached hydrogen (secondary N) is 1. The number of aromatic nitrogens is 2. The zero-order chi connectivity index (χ0) is 14.1. The van der Waals surface area contributed by atoms with Crippen LogP contribution in [0.5, 0.6) is 0 Å². The van der Waals surface area contributed by atoms with Crippen LogP contribution in [0, 0.1) is 6.92 Å². The smallest absolute Gasteiger partial charge is 0.0894 e. The average molecular weight is 286 g/mol. The first-order valence-corrected chi connectivity index (χ1v) is 6.93. The standard InChI is InChI=1S/C16H16ClN3/c1-11-7-8-13(17)14(9-11)18-10-15-12-5-3-4-6-16(12)20(2)19-15/h3-9,18H,10H2,1-2H3. The second-order valence-electron chi connectivity index (χ2n) is 4.92. The van der Waals surface area contributed by atoms with Crippen molar-refractivity contribution in [1.82, 2.24) is 9.78 Å². The van der Waals surface area contributed by atoms with Gasteiger partial charge in [0.2, 0.25) is 0 Å². The Balaban J connectivity index is 1.89. The van der Waals surface area contributed by atoms with Crippen LogP contribution in [0.4, 0.5) is 5.69 Å². The normalized spacial score (nSPS) is 10.9. The minimum absolute atomic E-state index is 0.657. The molecule has 0 radical (unpaired) electrons. The topological polar surface area (TPSA) is 29.9 Å². The maximum absolute atomic E-state index is 6.20. The molecule has 1 N–H and O–H groups in total. The van der Waals surface area contributed by atoms with E-state index in [0.29, 0.717) is 6.54 Å². The Bertz CT molecular complexity index is 762. The number of hydrogen-bond donors (Lipinski definition) is 1. The predicted octanol–water partition coefficient (Wildman–Crippen LogP) is 4.15. The van der Waals surface area contributed by atoms with Crippen molar-refractivity contribution in [3.63, 3.8) is 0 Å². The third kappa shape index (κ3) is 2.37. The molecular formula is C16H16ClN3. The zero-order valence-electron chi connectivity index (χ0n) is 11.5. The molecule has 1 aromatic heterocycles. The molecule has 3 nitrogen and oxygen atoms in total. The maximum Gasteiger partial charge on any atom is 0.0894 e. The minimum atomic E-state index is 0.657. The van der Waals surface area contributed by atoms with Crippen molar-refractivity contribution in [3.8, 4) is 0 Å². The third-order valence-electron chi connectivity index (χ3n) is 3.40. The Labute approximate surface area is 123 Å². The van der Waals surface area contributed by atoms with Crippen LogP contribution in [0.25, 0.3) is 10.9 Å². The molecule has 3 aromatic rings. The summed E-state index contributed by atoms with van der Waals surface area (Å²) in [6.45, 7) is 2.71. The molecule has 3 rings (SSSR count). The van der Waals surface area contributed by atoms with E-state index in [9.17, 15) is 0 Å². The van der Waals surface area contributed by atoms with Crippen molar-refractivity contribution in [2.24, 2.45) is 7.05 Å². The van der Waals surface area contributed by atoms with Crippen molar-refractivity contribution in [2.75, 3.05) is 5.32 Å². The predicted molar refractivity (Wildman–Crippen MR) is 84.2 cm³/mol. The molecule has 20 heavy (non-hydrogen) atoms. The highest BCUT2D eigenvalue weighted by Crippen LogP contribution is 2.24. The molecule has 0 aliphatic carbocycles. The number of aryl methyl sites for hydroxylation is 2. The molecule has 0 fully saturated rings. The van der Waals surface area contributed by atoms with E-state index < -0.39 is 0 Å². The molecule has 0 bridgehead atoms. The van der Waals surface area contributed by atoms with Crippen LogP contribution in [0.1, 0.15) is 11.3 Å². The summed E-state index contributed by atoms with van der Waals surface area (Å²) in [4.78, 5) is 0. The minimum Gasteiger partial charge on any atom is -0.378 e.